The molecule has 0 spiro atoms. The molecule has 8 nitrogen and oxygen atoms in total. The van der Waals surface area contributed by atoms with Crippen LogP contribution in [0.15, 0.2) is 0 Å². The predicted octanol–water partition coefficient (Wildman–Crippen LogP) is 1.73. The lowest BCUT2D eigenvalue weighted by atomic mass is 10.1. The van der Waals surface area contributed by atoms with Crippen molar-refractivity contribution in [2.45, 2.75) is 64.8 Å². The summed E-state index contributed by atoms with van der Waals surface area (Å²) in [7, 11) is 0. The van der Waals surface area contributed by atoms with E-state index in [1.54, 1.807) is 11.8 Å². The molecule has 2 rings (SSSR count). The molecule has 2 N–H and O–H groups in total. The number of likely N-dealkylation sites (tertiary alicyclic amines) is 1. The van der Waals surface area contributed by atoms with Crippen LogP contribution in [-0.4, -0.2) is 52.0 Å². The molecule has 1 saturated heterocycles. The zero-order chi connectivity index (χ0) is 18.9. The molecule has 0 aliphatic carbocycles. The maximum absolute atomic E-state index is 12.3. The van der Waals surface area contributed by atoms with Crippen molar-refractivity contribution in [3.8, 4) is 0 Å². The largest absolute Gasteiger partial charge is 0.345 e. The lowest BCUT2D eigenvalue weighted by Crippen LogP contribution is -2.48. The second kappa shape index (κ2) is 10.2. The van der Waals surface area contributed by atoms with Crippen LogP contribution in [0, 0.1) is 0 Å². The normalized spacial score (nSPS) is 15.4. The van der Waals surface area contributed by atoms with Crippen molar-refractivity contribution in [2.75, 3.05) is 18.4 Å². The van der Waals surface area contributed by atoms with Crippen molar-refractivity contribution in [3.05, 3.63) is 5.01 Å². The van der Waals surface area contributed by atoms with Crippen LogP contribution in [0.1, 0.15) is 57.4 Å². The maximum atomic E-state index is 12.3. The number of aromatic nitrogens is 2. The van der Waals surface area contributed by atoms with Crippen molar-refractivity contribution in [2.24, 2.45) is 0 Å². The molecular formula is C17H27N5O3S. The summed E-state index contributed by atoms with van der Waals surface area (Å²) in [6.07, 6.45) is 5.05. The summed E-state index contributed by atoms with van der Waals surface area (Å²) < 4.78 is 0. The van der Waals surface area contributed by atoms with Gasteiger partial charge in [0.05, 0.1) is 0 Å². The number of hydrogen-bond acceptors (Lipinski definition) is 6. The minimum Gasteiger partial charge on any atom is -0.345 e. The molecule has 26 heavy (non-hydrogen) atoms. The zero-order valence-electron chi connectivity index (χ0n) is 15.4. The molecule has 1 aliphatic rings. The second-order valence-electron chi connectivity index (χ2n) is 6.47. The molecular weight excluding hydrogens is 354 g/mol. The number of carbonyl (C=O) groups excluding carboxylic acids is 3. The highest BCUT2D eigenvalue weighted by Gasteiger charge is 2.23. The van der Waals surface area contributed by atoms with Crippen LogP contribution >= 0.6 is 11.3 Å². The number of nitrogens with zero attached hydrogens (tertiary/aromatic N) is 3. The van der Waals surface area contributed by atoms with E-state index in [1.165, 1.54) is 11.3 Å². The Kier molecular flexibility index (Phi) is 7.96. The summed E-state index contributed by atoms with van der Waals surface area (Å²) in [5.41, 5.74) is 0. The van der Waals surface area contributed by atoms with Gasteiger partial charge in [0.1, 0.15) is 11.0 Å². The van der Waals surface area contributed by atoms with Gasteiger partial charge in [0, 0.05) is 32.4 Å². The van der Waals surface area contributed by atoms with E-state index < -0.39 is 6.04 Å². The smallest absolute Gasteiger partial charge is 0.244 e. The molecule has 1 aromatic rings. The third-order valence-corrected chi connectivity index (χ3v) is 5.07. The third-order valence-electron chi connectivity index (χ3n) is 4.17. The summed E-state index contributed by atoms with van der Waals surface area (Å²) in [4.78, 5) is 38.0. The van der Waals surface area contributed by atoms with Gasteiger partial charge in [-0.3, -0.25) is 14.4 Å². The second-order valence-corrected chi connectivity index (χ2v) is 7.54. The average molecular weight is 382 g/mol. The highest BCUT2D eigenvalue weighted by atomic mass is 32.1. The fraction of sp³-hybridized carbons (Fsp3) is 0.706. The topological polar surface area (TPSA) is 104 Å². The molecule has 1 aromatic heterocycles. The number of nitrogens with one attached hydrogen (secondary N) is 2. The molecule has 3 amide bonds. The number of anilines is 1. The van der Waals surface area contributed by atoms with Gasteiger partial charge in [-0.15, -0.1) is 10.2 Å². The van der Waals surface area contributed by atoms with E-state index in [0.29, 0.717) is 5.13 Å². The molecule has 1 unspecified atom stereocenters. The van der Waals surface area contributed by atoms with Gasteiger partial charge in [-0.1, -0.05) is 18.3 Å². The van der Waals surface area contributed by atoms with Gasteiger partial charge in [-0.25, -0.2) is 0 Å². The molecule has 1 fully saturated rings. The Morgan fingerprint density at radius 3 is 2.50 bits per heavy atom. The Hall–Kier alpha value is -2.03. The highest BCUT2D eigenvalue weighted by molar-refractivity contribution is 7.15. The number of amides is 3. The summed E-state index contributed by atoms with van der Waals surface area (Å²) >= 11 is 1.35. The standard InChI is InChI=1S/C17H27N5O3S/c1-3-7-15-20-21-17(26-15)19-14(24)9-8-13(23)18-12(2)16(25)22-10-5-4-6-11-22/h12H,3-11H2,1-2H3,(H,18,23)(H,19,21,24). The van der Waals surface area contributed by atoms with Crippen molar-refractivity contribution in [1.29, 1.82) is 0 Å². The number of piperidine rings is 1. The van der Waals surface area contributed by atoms with Crippen LogP contribution < -0.4 is 10.6 Å². The highest BCUT2D eigenvalue weighted by Crippen LogP contribution is 2.16. The van der Waals surface area contributed by atoms with Crippen molar-refractivity contribution in [1.82, 2.24) is 20.4 Å². The Balaban J connectivity index is 1.69. The van der Waals surface area contributed by atoms with E-state index in [4.69, 9.17) is 0 Å². The minimum atomic E-state index is -0.566. The first kappa shape index (κ1) is 20.3. The van der Waals surface area contributed by atoms with Crippen LogP contribution in [0.25, 0.3) is 0 Å². The fourth-order valence-corrected chi connectivity index (χ4v) is 3.65. The molecule has 0 aromatic carbocycles. The Labute approximate surface area is 157 Å². The van der Waals surface area contributed by atoms with Crippen LogP contribution in [0.3, 0.4) is 0 Å². The van der Waals surface area contributed by atoms with Crippen molar-refractivity contribution >= 4 is 34.2 Å². The number of hydrogen-bond donors (Lipinski definition) is 2. The summed E-state index contributed by atoms with van der Waals surface area (Å²) in [6, 6.07) is -0.566. The molecule has 144 valence electrons. The molecule has 0 radical (unpaired) electrons. The van der Waals surface area contributed by atoms with Gasteiger partial charge in [0.2, 0.25) is 22.9 Å². The van der Waals surface area contributed by atoms with Crippen LogP contribution in [0.4, 0.5) is 5.13 Å². The van der Waals surface area contributed by atoms with Crippen molar-refractivity contribution in [3.63, 3.8) is 0 Å². The fourth-order valence-electron chi connectivity index (χ4n) is 2.79. The van der Waals surface area contributed by atoms with E-state index in [9.17, 15) is 14.4 Å². The van der Waals surface area contributed by atoms with Crippen molar-refractivity contribution < 1.29 is 14.4 Å². The Bertz CT molecular complexity index is 628. The Morgan fingerprint density at radius 2 is 1.81 bits per heavy atom. The Morgan fingerprint density at radius 1 is 1.12 bits per heavy atom. The van der Waals surface area contributed by atoms with E-state index in [-0.39, 0.29) is 30.6 Å². The molecule has 1 aliphatic heterocycles. The van der Waals surface area contributed by atoms with E-state index in [1.807, 2.05) is 0 Å². The van der Waals surface area contributed by atoms with Crippen LogP contribution in [0.5, 0.6) is 0 Å². The lowest BCUT2D eigenvalue weighted by molar-refractivity contribution is -0.136. The monoisotopic (exact) mass is 381 g/mol. The van der Waals surface area contributed by atoms with E-state index >= 15 is 0 Å². The first-order valence-corrected chi connectivity index (χ1v) is 10.0. The SMILES string of the molecule is CCCc1nnc(NC(=O)CCC(=O)NC(C)C(=O)N2CCCCC2)s1. The maximum Gasteiger partial charge on any atom is 0.244 e. The van der Waals surface area contributed by atoms with Gasteiger partial charge < -0.3 is 15.5 Å². The number of rotatable bonds is 8. The number of carbonyl (C=O) groups is 3. The quantitative estimate of drug-likeness (QED) is 0.713. The summed E-state index contributed by atoms with van der Waals surface area (Å²) in [5.74, 6) is -0.642. The van der Waals surface area contributed by atoms with Gasteiger partial charge in [0.15, 0.2) is 0 Å². The third kappa shape index (κ3) is 6.36. The molecule has 2 heterocycles. The van der Waals surface area contributed by atoms with Gasteiger partial charge in [0.25, 0.3) is 0 Å². The first-order valence-electron chi connectivity index (χ1n) is 9.20. The molecule has 1 atom stereocenters. The molecule has 0 saturated carbocycles. The first-order chi connectivity index (χ1) is 12.5. The average Bonchev–Trinajstić information content (AvgIpc) is 3.07. The zero-order valence-corrected chi connectivity index (χ0v) is 16.2. The van der Waals surface area contributed by atoms with Crippen LogP contribution in [-0.2, 0) is 20.8 Å². The summed E-state index contributed by atoms with van der Waals surface area (Å²) in [5, 5.41) is 14.6. The van der Waals surface area contributed by atoms with E-state index in [2.05, 4.69) is 27.8 Å². The number of aryl methyl sites for hydroxylation is 1. The minimum absolute atomic E-state index is 0.0318. The van der Waals surface area contributed by atoms with Crippen LogP contribution in [0.2, 0.25) is 0 Å². The van der Waals surface area contributed by atoms with Gasteiger partial charge >= 0.3 is 0 Å². The summed E-state index contributed by atoms with van der Waals surface area (Å²) in [6.45, 7) is 5.24. The molecule has 9 heteroatoms. The van der Waals surface area contributed by atoms with Gasteiger partial charge in [-0.05, 0) is 32.6 Å². The lowest BCUT2D eigenvalue weighted by Gasteiger charge is -2.29. The molecule has 0 bridgehead atoms. The van der Waals surface area contributed by atoms with E-state index in [0.717, 1.165) is 50.2 Å². The van der Waals surface area contributed by atoms with Gasteiger partial charge in [-0.2, -0.15) is 0 Å². The predicted molar refractivity (Wildman–Crippen MR) is 99.8 cm³/mol.